The van der Waals surface area contributed by atoms with E-state index >= 15 is 0 Å². The molecule has 0 amide bonds. The van der Waals surface area contributed by atoms with Gasteiger partial charge in [-0.3, -0.25) is 0 Å². The van der Waals surface area contributed by atoms with Crippen LogP contribution >= 0.6 is 0 Å². The van der Waals surface area contributed by atoms with Crippen LogP contribution in [0, 0.1) is 0 Å². The first kappa shape index (κ1) is 5.69. The van der Waals surface area contributed by atoms with Gasteiger partial charge >= 0.3 is 0 Å². The molecule has 0 atom stereocenters. The highest BCUT2D eigenvalue weighted by molar-refractivity contribution is 5.09. The van der Waals surface area contributed by atoms with Crippen molar-refractivity contribution in [2.75, 3.05) is 20.7 Å². The minimum Gasteiger partial charge on any atom is -0.377 e. The molecule has 0 N–H and O–H groups in total. The zero-order chi connectivity index (χ0) is 6.48. The normalized spacial score (nSPS) is 49.3. The fourth-order valence-corrected chi connectivity index (χ4v) is 2.05. The molecule has 2 heterocycles. The van der Waals surface area contributed by atoms with Gasteiger partial charge in [0.05, 0.1) is 5.60 Å². The van der Waals surface area contributed by atoms with Crippen molar-refractivity contribution < 1.29 is 4.74 Å². The standard InChI is InChI=1S/C7H13NO/c1-8-5-7(9-2)3-6(8)4-7/h6H,3-5H2,1-2H3. The number of rotatable bonds is 1. The average Bonchev–Trinajstić information content (AvgIpc) is 2.18. The molecule has 3 aliphatic rings. The van der Waals surface area contributed by atoms with Gasteiger partial charge in [-0.2, -0.15) is 0 Å². The second-order valence-corrected chi connectivity index (χ2v) is 3.36. The number of fused-ring (bicyclic) bond motifs is 1. The van der Waals surface area contributed by atoms with Gasteiger partial charge in [-0.05, 0) is 19.9 Å². The third kappa shape index (κ3) is 0.578. The third-order valence-corrected chi connectivity index (χ3v) is 2.81. The maximum Gasteiger partial charge on any atom is 0.0834 e. The molecular formula is C7H13NO. The molecule has 0 aromatic carbocycles. The molecule has 0 aromatic heterocycles. The Hall–Kier alpha value is -0.0800. The average molecular weight is 127 g/mol. The van der Waals surface area contributed by atoms with Crippen molar-refractivity contribution in [3.8, 4) is 0 Å². The molecule has 3 fully saturated rings. The van der Waals surface area contributed by atoms with Crippen molar-refractivity contribution in [2.24, 2.45) is 0 Å². The number of methoxy groups -OCH3 is 1. The summed E-state index contributed by atoms with van der Waals surface area (Å²) in [7, 11) is 4.01. The summed E-state index contributed by atoms with van der Waals surface area (Å²) < 4.78 is 5.39. The Balaban J connectivity index is 2.09. The molecule has 3 rings (SSSR count). The Labute approximate surface area is 55.8 Å². The van der Waals surface area contributed by atoms with Gasteiger partial charge < -0.3 is 9.64 Å². The zero-order valence-electron chi connectivity index (χ0n) is 6.05. The Morgan fingerprint density at radius 3 is 2.44 bits per heavy atom. The minimum absolute atomic E-state index is 0.277. The predicted octanol–water partition coefficient (Wildman–Crippen LogP) is 0.479. The first-order valence-electron chi connectivity index (χ1n) is 3.51. The first-order valence-corrected chi connectivity index (χ1v) is 3.51. The van der Waals surface area contributed by atoms with Gasteiger partial charge in [0.1, 0.15) is 0 Å². The second-order valence-electron chi connectivity index (χ2n) is 3.36. The van der Waals surface area contributed by atoms with E-state index in [1.807, 2.05) is 7.11 Å². The van der Waals surface area contributed by atoms with Crippen molar-refractivity contribution in [2.45, 2.75) is 24.5 Å². The summed E-state index contributed by atoms with van der Waals surface area (Å²) in [6.07, 6.45) is 2.53. The summed E-state index contributed by atoms with van der Waals surface area (Å²) in [5.74, 6) is 0. The van der Waals surface area contributed by atoms with Gasteiger partial charge in [0.25, 0.3) is 0 Å². The molecule has 52 valence electrons. The van der Waals surface area contributed by atoms with Crippen LogP contribution in [0.5, 0.6) is 0 Å². The van der Waals surface area contributed by atoms with Crippen LogP contribution in [0.2, 0.25) is 0 Å². The van der Waals surface area contributed by atoms with Crippen LogP contribution in [-0.2, 0) is 4.74 Å². The first-order chi connectivity index (χ1) is 4.26. The molecule has 2 aliphatic heterocycles. The van der Waals surface area contributed by atoms with Crippen LogP contribution < -0.4 is 0 Å². The van der Waals surface area contributed by atoms with Crippen molar-refractivity contribution in [1.29, 1.82) is 0 Å². The van der Waals surface area contributed by atoms with Crippen LogP contribution in [-0.4, -0.2) is 37.2 Å². The Morgan fingerprint density at radius 1 is 1.56 bits per heavy atom. The lowest BCUT2D eigenvalue weighted by molar-refractivity contribution is -0.0365. The fourth-order valence-electron chi connectivity index (χ4n) is 2.05. The lowest BCUT2D eigenvalue weighted by atomic mass is 9.81. The second kappa shape index (κ2) is 1.50. The van der Waals surface area contributed by atoms with E-state index < -0.39 is 0 Å². The van der Waals surface area contributed by atoms with Gasteiger partial charge in [0, 0.05) is 19.7 Å². The molecule has 0 radical (unpaired) electrons. The van der Waals surface area contributed by atoms with Crippen LogP contribution in [0.4, 0.5) is 0 Å². The molecule has 2 heteroatoms. The third-order valence-electron chi connectivity index (χ3n) is 2.81. The maximum atomic E-state index is 5.39. The molecule has 1 aliphatic carbocycles. The zero-order valence-corrected chi connectivity index (χ0v) is 6.05. The summed E-state index contributed by atoms with van der Waals surface area (Å²) in [5, 5.41) is 0. The van der Waals surface area contributed by atoms with E-state index in [9.17, 15) is 0 Å². The van der Waals surface area contributed by atoms with Crippen molar-refractivity contribution in [1.82, 2.24) is 4.90 Å². The number of likely N-dealkylation sites (N-methyl/N-ethyl adjacent to an activating group) is 1. The largest absolute Gasteiger partial charge is 0.377 e. The van der Waals surface area contributed by atoms with Gasteiger partial charge in [-0.25, -0.2) is 0 Å². The minimum atomic E-state index is 0.277. The summed E-state index contributed by atoms with van der Waals surface area (Å²) >= 11 is 0. The highest BCUT2D eigenvalue weighted by Crippen LogP contribution is 2.45. The monoisotopic (exact) mass is 127 g/mol. The Bertz CT molecular complexity index is 129. The molecule has 2 saturated heterocycles. The van der Waals surface area contributed by atoms with Gasteiger partial charge in [0.2, 0.25) is 0 Å². The summed E-state index contributed by atoms with van der Waals surface area (Å²) in [6.45, 7) is 1.15. The summed E-state index contributed by atoms with van der Waals surface area (Å²) in [5.41, 5.74) is 0.277. The van der Waals surface area contributed by atoms with E-state index in [1.54, 1.807) is 0 Å². The molecule has 2 bridgehead atoms. The Kier molecular flexibility index (Phi) is 0.945. The molecule has 0 aromatic rings. The van der Waals surface area contributed by atoms with E-state index in [1.165, 1.54) is 12.8 Å². The lowest BCUT2D eigenvalue weighted by Crippen LogP contribution is -2.41. The van der Waals surface area contributed by atoms with Crippen LogP contribution in [0.25, 0.3) is 0 Å². The number of hydrogen-bond donors (Lipinski definition) is 0. The van der Waals surface area contributed by atoms with E-state index in [-0.39, 0.29) is 5.60 Å². The topological polar surface area (TPSA) is 12.5 Å². The van der Waals surface area contributed by atoms with Crippen molar-refractivity contribution in [3.63, 3.8) is 0 Å². The van der Waals surface area contributed by atoms with Gasteiger partial charge in [0.15, 0.2) is 0 Å². The molecule has 9 heavy (non-hydrogen) atoms. The van der Waals surface area contributed by atoms with Gasteiger partial charge in [-0.1, -0.05) is 0 Å². The van der Waals surface area contributed by atoms with E-state index in [4.69, 9.17) is 4.74 Å². The van der Waals surface area contributed by atoms with Crippen molar-refractivity contribution in [3.05, 3.63) is 0 Å². The summed E-state index contributed by atoms with van der Waals surface area (Å²) in [6, 6.07) is 0.838. The van der Waals surface area contributed by atoms with Crippen LogP contribution in [0.1, 0.15) is 12.8 Å². The molecule has 2 nitrogen and oxygen atoms in total. The quantitative estimate of drug-likeness (QED) is 0.508. The summed E-state index contributed by atoms with van der Waals surface area (Å²) in [4.78, 5) is 2.39. The lowest BCUT2D eigenvalue weighted by Gasteiger charge is -2.35. The number of hydrogen-bond acceptors (Lipinski definition) is 2. The molecule has 1 saturated carbocycles. The smallest absolute Gasteiger partial charge is 0.0834 e. The van der Waals surface area contributed by atoms with Gasteiger partial charge in [-0.15, -0.1) is 0 Å². The molecule has 0 unspecified atom stereocenters. The van der Waals surface area contributed by atoms with E-state index in [0.717, 1.165) is 12.6 Å². The number of ether oxygens (including phenoxy) is 1. The number of nitrogens with zero attached hydrogens (tertiary/aromatic N) is 1. The SMILES string of the molecule is COC12CC(C1)N(C)C2. The molecule has 0 spiro atoms. The fraction of sp³-hybridized carbons (Fsp3) is 1.00. The van der Waals surface area contributed by atoms with Crippen molar-refractivity contribution >= 4 is 0 Å². The van der Waals surface area contributed by atoms with Crippen LogP contribution in [0.3, 0.4) is 0 Å². The maximum absolute atomic E-state index is 5.39. The Morgan fingerprint density at radius 2 is 2.22 bits per heavy atom. The van der Waals surface area contributed by atoms with Crippen LogP contribution in [0.15, 0.2) is 0 Å². The van der Waals surface area contributed by atoms with E-state index in [0.29, 0.717) is 0 Å². The highest BCUT2D eigenvalue weighted by Gasteiger charge is 2.53. The van der Waals surface area contributed by atoms with E-state index in [2.05, 4.69) is 11.9 Å². The highest BCUT2D eigenvalue weighted by atomic mass is 16.5. The predicted molar refractivity (Wildman–Crippen MR) is 35.4 cm³/mol. The molecular weight excluding hydrogens is 114 g/mol.